The zero-order chi connectivity index (χ0) is 35.1. The smallest absolute Gasteiger partial charge is 0.334 e. The summed E-state index contributed by atoms with van der Waals surface area (Å²) < 4.78 is 5.07. The van der Waals surface area contributed by atoms with Gasteiger partial charge in [-0.05, 0) is 41.8 Å². The molecule has 4 amide bonds. The van der Waals surface area contributed by atoms with Crippen molar-refractivity contribution in [2.45, 2.75) is 38.6 Å². The van der Waals surface area contributed by atoms with Crippen LogP contribution in [0.25, 0.3) is 0 Å². The number of hydrogen-bond acceptors (Lipinski definition) is 10. The number of esters is 1. The Morgan fingerprint density at radius 2 is 1.80 bits per heavy atom. The highest BCUT2D eigenvalue weighted by Crippen LogP contribution is 2.32. The number of phenolic OH excluding ortho intramolecular Hbond substituents is 1. The van der Waals surface area contributed by atoms with E-state index < -0.39 is 24.2 Å². The van der Waals surface area contributed by atoms with E-state index in [2.05, 4.69) is 11.9 Å². The molecule has 0 radical (unpaired) electrons. The van der Waals surface area contributed by atoms with Crippen LogP contribution in [-0.4, -0.2) is 93.7 Å². The summed E-state index contributed by atoms with van der Waals surface area (Å²) in [4.78, 5) is 57.6. The van der Waals surface area contributed by atoms with Crippen molar-refractivity contribution in [2.24, 2.45) is 5.84 Å². The highest BCUT2D eigenvalue weighted by atomic mass is 16.5. The SMILES string of the molecule is C=CCN1CC(=O)N2[C@@H](Cc3ccc(O)cc3)C(=O)N(Cc3cccc(N)c3N(N)CC(=O)OCC)C[C@@H]2N1C(=O)NCc1ccccc1. The van der Waals surface area contributed by atoms with Crippen molar-refractivity contribution in [3.05, 3.63) is 102 Å². The van der Waals surface area contributed by atoms with E-state index in [1.165, 1.54) is 27.1 Å². The van der Waals surface area contributed by atoms with Crippen LogP contribution in [0.5, 0.6) is 5.75 Å². The molecule has 3 aromatic carbocycles. The van der Waals surface area contributed by atoms with Gasteiger partial charge in [-0.2, -0.15) is 0 Å². The maximum absolute atomic E-state index is 14.4. The van der Waals surface area contributed by atoms with Crippen LogP contribution in [0.2, 0.25) is 0 Å². The second-order valence-corrected chi connectivity index (χ2v) is 11.8. The fraction of sp³-hybridized carbons (Fsp3) is 0.314. The number of phenols is 1. The number of rotatable bonds is 12. The molecule has 0 spiro atoms. The first-order valence-electron chi connectivity index (χ1n) is 16.0. The molecule has 14 nitrogen and oxygen atoms in total. The van der Waals surface area contributed by atoms with Gasteiger partial charge in [0.05, 0.1) is 31.1 Å². The van der Waals surface area contributed by atoms with Crippen LogP contribution in [0, 0.1) is 0 Å². The molecule has 0 aliphatic carbocycles. The lowest BCUT2D eigenvalue weighted by Crippen LogP contribution is -2.76. The maximum Gasteiger partial charge on any atom is 0.334 e. The van der Waals surface area contributed by atoms with E-state index in [-0.39, 0.29) is 69.9 Å². The lowest BCUT2D eigenvalue weighted by molar-refractivity contribution is -0.189. The molecule has 6 N–H and O–H groups in total. The van der Waals surface area contributed by atoms with Gasteiger partial charge in [-0.25, -0.2) is 20.7 Å². The molecule has 0 bridgehead atoms. The van der Waals surface area contributed by atoms with Gasteiger partial charge in [0, 0.05) is 26.1 Å². The first-order valence-corrected chi connectivity index (χ1v) is 16.0. The van der Waals surface area contributed by atoms with Crippen LogP contribution in [0.3, 0.4) is 0 Å². The van der Waals surface area contributed by atoms with E-state index in [9.17, 15) is 24.3 Å². The van der Waals surface area contributed by atoms with E-state index in [1.54, 1.807) is 53.2 Å². The maximum atomic E-state index is 14.4. The average Bonchev–Trinajstić information content (AvgIpc) is 3.07. The zero-order valence-corrected chi connectivity index (χ0v) is 27.4. The van der Waals surface area contributed by atoms with E-state index in [0.717, 1.165) is 5.56 Å². The summed E-state index contributed by atoms with van der Waals surface area (Å²) in [6.07, 6.45) is 0.863. The van der Waals surface area contributed by atoms with Gasteiger partial charge in [0.2, 0.25) is 11.8 Å². The number of hydrogen-bond donors (Lipinski definition) is 4. The van der Waals surface area contributed by atoms with Crippen molar-refractivity contribution in [2.75, 3.05) is 43.5 Å². The van der Waals surface area contributed by atoms with Crippen LogP contribution in [0.1, 0.15) is 23.6 Å². The Balaban J connectivity index is 1.52. The standard InChI is InChI=1S/C35H42N8O6/c1-3-17-40-22-31(45)42-29(18-24-13-15-27(44)16-14-24)34(47)39(21-30(42)43(40)35(48)38-19-25-9-6-5-7-10-25)20-26-11-8-12-28(36)33(26)41(37)23-32(46)49-4-2/h3,5-16,29-30,44H,1,4,17-23,36-37H2,2H3,(H,38,48)/t29-,30-/m0/s1. The number of ether oxygens (including phenoxy) is 1. The molecule has 2 saturated heterocycles. The summed E-state index contributed by atoms with van der Waals surface area (Å²) in [6, 6.07) is 19.6. The van der Waals surface area contributed by atoms with E-state index in [0.29, 0.717) is 22.5 Å². The molecule has 5 rings (SSSR count). The fourth-order valence-electron chi connectivity index (χ4n) is 6.27. The average molecular weight is 671 g/mol. The van der Waals surface area contributed by atoms with Crippen molar-refractivity contribution < 1.29 is 29.0 Å². The predicted molar refractivity (Wildman–Crippen MR) is 183 cm³/mol. The Labute approximate surface area is 285 Å². The molecule has 0 unspecified atom stereocenters. The minimum atomic E-state index is -0.982. The summed E-state index contributed by atoms with van der Waals surface area (Å²) in [5.74, 6) is 5.19. The highest BCUT2D eigenvalue weighted by Gasteiger charge is 2.51. The molecular formula is C35H42N8O6. The predicted octanol–water partition coefficient (Wildman–Crippen LogP) is 1.95. The second-order valence-electron chi connectivity index (χ2n) is 11.8. The molecule has 0 aromatic heterocycles. The quantitative estimate of drug-likeness (QED) is 0.0732. The topological polar surface area (TPSA) is 178 Å². The largest absolute Gasteiger partial charge is 0.508 e. The van der Waals surface area contributed by atoms with E-state index in [1.807, 2.05) is 30.3 Å². The summed E-state index contributed by atoms with van der Waals surface area (Å²) in [5, 5.41) is 17.2. The first-order chi connectivity index (χ1) is 23.6. The van der Waals surface area contributed by atoms with Gasteiger partial charge in [0.25, 0.3) is 0 Å². The van der Waals surface area contributed by atoms with Crippen molar-refractivity contribution in [1.82, 2.24) is 25.1 Å². The Bertz CT molecular complexity index is 1670. The number of amides is 4. The number of aromatic hydroxyl groups is 1. The summed E-state index contributed by atoms with van der Waals surface area (Å²) >= 11 is 0. The number of nitrogen functional groups attached to an aromatic ring is 1. The number of fused-ring (bicyclic) bond motifs is 1. The lowest BCUT2D eigenvalue weighted by atomic mass is 9.98. The van der Waals surface area contributed by atoms with Crippen molar-refractivity contribution in [1.29, 1.82) is 0 Å². The zero-order valence-electron chi connectivity index (χ0n) is 27.4. The summed E-state index contributed by atoms with van der Waals surface area (Å²) in [7, 11) is 0. The number of hydrazine groups is 2. The molecule has 258 valence electrons. The number of nitrogens with zero attached hydrogens (tertiary/aromatic N) is 5. The number of carbonyl (C=O) groups is 4. The van der Waals surface area contributed by atoms with Crippen LogP contribution in [-0.2, 0) is 38.6 Å². The number of urea groups is 1. The molecular weight excluding hydrogens is 628 g/mol. The summed E-state index contributed by atoms with van der Waals surface area (Å²) in [5.41, 5.74) is 9.16. The Morgan fingerprint density at radius 1 is 1.06 bits per heavy atom. The molecule has 2 atom stereocenters. The molecule has 14 heteroatoms. The Morgan fingerprint density at radius 3 is 2.49 bits per heavy atom. The number of benzene rings is 3. The van der Waals surface area contributed by atoms with Crippen LogP contribution >= 0.6 is 0 Å². The number of anilines is 2. The fourth-order valence-corrected chi connectivity index (χ4v) is 6.27. The van der Waals surface area contributed by atoms with Gasteiger partial charge in [-0.3, -0.25) is 19.4 Å². The van der Waals surface area contributed by atoms with Crippen LogP contribution in [0.15, 0.2) is 85.5 Å². The number of piperazine rings is 1. The van der Waals surface area contributed by atoms with Crippen LogP contribution < -0.4 is 21.9 Å². The molecule has 2 aliphatic heterocycles. The van der Waals surface area contributed by atoms with Crippen molar-refractivity contribution >= 4 is 35.2 Å². The number of nitrogens with two attached hydrogens (primary N) is 2. The highest BCUT2D eigenvalue weighted by molar-refractivity contribution is 5.92. The van der Waals surface area contributed by atoms with Crippen molar-refractivity contribution in [3.8, 4) is 5.75 Å². The molecule has 2 fully saturated rings. The summed E-state index contributed by atoms with van der Waals surface area (Å²) in [6.45, 7) is 5.73. The number of nitrogens with one attached hydrogen (secondary N) is 1. The van der Waals surface area contributed by atoms with Gasteiger partial charge < -0.3 is 30.7 Å². The molecule has 49 heavy (non-hydrogen) atoms. The third kappa shape index (κ3) is 7.93. The second kappa shape index (κ2) is 15.5. The van der Waals surface area contributed by atoms with E-state index in [4.69, 9.17) is 16.3 Å². The van der Waals surface area contributed by atoms with E-state index >= 15 is 0 Å². The third-order valence-corrected chi connectivity index (χ3v) is 8.43. The molecule has 2 aliphatic rings. The normalized spacial score (nSPS) is 17.8. The minimum Gasteiger partial charge on any atom is -0.508 e. The van der Waals surface area contributed by atoms with Gasteiger partial charge >= 0.3 is 12.0 Å². The minimum absolute atomic E-state index is 0.0152. The van der Waals surface area contributed by atoms with Gasteiger partial charge in [0.1, 0.15) is 24.5 Å². The van der Waals surface area contributed by atoms with Crippen LogP contribution in [0.4, 0.5) is 16.2 Å². The third-order valence-electron chi connectivity index (χ3n) is 8.43. The molecule has 2 heterocycles. The van der Waals surface area contributed by atoms with Gasteiger partial charge in [0.15, 0.2) is 0 Å². The molecule has 0 saturated carbocycles. The Kier molecular flexibility index (Phi) is 11.0. The Hall–Kier alpha value is -5.60. The number of carbonyl (C=O) groups excluding carboxylic acids is 4. The van der Waals surface area contributed by atoms with Gasteiger partial charge in [-0.15, -0.1) is 6.58 Å². The number of para-hydroxylation sites is 1. The lowest BCUT2D eigenvalue weighted by Gasteiger charge is -2.55. The van der Waals surface area contributed by atoms with Gasteiger partial charge in [-0.1, -0.05) is 60.7 Å². The molecule has 3 aromatic rings. The monoisotopic (exact) mass is 670 g/mol. The first kappa shape index (κ1) is 34.7. The van der Waals surface area contributed by atoms with Crippen molar-refractivity contribution in [3.63, 3.8) is 0 Å².